The fourth-order valence-corrected chi connectivity index (χ4v) is 4.18. The molecule has 3 nitrogen and oxygen atoms in total. The van der Waals surface area contributed by atoms with Gasteiger partial charge >= 0.3 is 0 Å². The van der Waals surface area contributed by atoms with Gasteiger partial charge in [-0.1, -0.05) is 0 Å². The Morgan fingerprint density at radius 2 is 1.82 bits per heavy atom. The van der Waals surface area contributed by atoms with Crippen molar-refractivity contribution >= 4 is 0 Å². The van der Waals surface area contributed by atoms with Crippen molar-refractivity contribution in [3.05, 3.63) is 0 Å². The van der Waals surface area contributed by atoms with E-state index in [0.29, 0.717) is 0 Å². The lowest BCUT2D eigenvalue weighted by Crippen LogP contribution is -2.47. The topological polar surface area (TPSA) is 18.5 Å². The Balaban J connectivity index is 1.52. The Hall–Kier alpha value is -0.120. The van der Waals surface area contributed by atoms with Crippen LogP contribution in [0.3, 0.4) is 0 Å². The molecular formula is C14H27N3. The van der Waals surface area contributed by atoms with E-state index in [1.807, 2.05) is 0 Å². The van der Waals surface area contributed by atoms with Crippen molar-refractivity contribution in [1.82, 2.24) is 15.1 Å². The second-order valence-electron chi connectivity index (χ2n) is 6.22. The molecule has 0 aromatic heterocycles. The largest absolute Gasteiger partial charge is 0.319 e. The number of nitrogens with one attached hydrogen (secondary N) is 1. The van der Waals surface area contributed by atoms with Crippen molar-refractivity contribution in [3.63, 3.8) is 0 Å². The summed E-state index contributed by atoms with van der Waals surface area (Å²) in [5.74, 6) is 0.904. The molecule has 3 atom stereocenters. The molecular weight excluding hydrogens is 210 g/mol. The van der Waals surface area contributed by atoms with Gasteiger partial charge in [-0.25, -0.2) is 0 Å². The van der Waals surface area contributed by atoms with E-state index < -0.39 is 0 Å². The molecule has 3 fully saturated rings. The molecule has 0 amide bonds. The van der Waals surface area contributed by atoms with Crippen LogP contribution in [0, 0.1) is 5.92 Å². The fourth-order valence-electron chi connectivity index (χ4n) is 4.18. The van der Waals surface area contributed by atoms with E-state index in [4.69, 9.17) is 0 Å². The lowest BCUT2D eigenvalue weighted by molar-refractivity contribution is 0.101. The van der Waals surface area contributed by atoms with Gasteiger partial charge in [0.05, 0.1) is 0 Å². The molecule has 0 aromatic carbocycles. The second kappa shape index (κ2) is 5.25. The van der Waals surface area contributed by atoms with Gasteiger partial charge in [0.2, 0.25) is 0 Å². The molecule has 0 radical (unpaired) electrons. The fraction of sp³-hybridized carbons (Fsp3) is 1.00. The second-order valence-corrected chi connectivity index (χ2v) is 6.22. The summed E-state index contributed by atoms with van der Waals surface area (Å²) in [6.07, 6.45) is 7.19. The number of fused-ring (bicyclic) bond motifs is 1. The van der Waals surface area contributed by atoms with Crippen molar-refractivity contribution in [2.75, 3.05) is 39.8 Å². The first-order chi connectivity index (χ1) is 8.36. The predicted molar refractivity (Wildman–Crippen MR) is 71.2 cm³/mol. The van der Waals surface area contributed by atoms with Crippen molar-refractivity contribution in [2.24, 2.45) is 5.92 Å². The molecule has 0 spiro atoms. The number of rotatable bonds is 3. The summed E-state index contributed by atoms with van der Waals surface area (Å²) in [5.41, 5.74) is 0. The zero-order valence-corrected chi connectivity index (χ0v) is 11.2. The molecule has 0 saturated carbocycles. The lowest BCUT2D eigenvalue weighted by Gasteiger charge is -2.39. The van der Waals surface area contributed by atoms with Crippen molar-refractivity contribution in [3.8, 4) is 0 Å². The van der Waals surface area contributed by atoms with E-state index in [1.54, 1.807) is 0 Å². The summed E-state index contributed by atoms with van der Waals surface area (Å²) in [7, 11) is 2.08. The highest BCUT2D eigenvalue weighted by atomic mass is 15.2. The maximum Gasteiger partial charge on any atom is 0.0122 e. The Bertz CT molecular complexity index is 256. The number of likely N-dealkylation sites (tertiary alicyclic amines) is 1. The monoisotopic (exact) mass is 237 g/mol. The zero-order valence-electron chi connectivity index (χ0n) is 11.2. The highest BCUT2D eigenvalue weighted by molar-refractivity contribution is 4.92. The highest BCUT2D eigenvalue weighted by Crippen LogP contribution is 2.31. The summed E-state index contributed by atoms with van der Waals surface area (Å²) in [4.78, 5) is 5.52. The predicted octanol–water partition coefficient (Wildman–Crippen LogP) is 1.15. The highest BCUT2D eigenvalue weighted by Gasteiger charge is 2.36. The van der Waals surface area contributed by atoms with Gasteiger partial charge in [0, 0.05) is 18.6 Å². The van der Waals surface area contributed by atoms with Gasteiger partial charge in [-0.3, -0.25) is 4.90 Å². The van der Waals surface area contributed by atoms with Crippen LogP contribution < -0.4 is 5.32 Å². The van der Waals surface area contributed by atoms with Gasteiger partial charge in [-0.15, -0.1) is 0 Å². The first-order valence-corrected chi connectivity index (χ1v) is 7.49. The van der Waals surface area contributed by atoms with E-state index in [9.17, 15) is 0 Å². The van der Waals surface area contributed by atoms with Crippen molar-refractivity contribution in [1.29, 1.82) is 0 Å². The normalized spacial score (nSPS) is 39.7. The van der Waals surface area contributed by atoms with E-state index >= 15 is 0 Å². The van der Waals surface area contributed by atoms with E-state index in [0.717, 1.165) is 18.0 Å². The third kappa shape index (κ3) is 2.51. The van der Waals surface area contributed by atoms with E-state index in [-0.39, 0.29) is 0 Å². The standard InChI is InChI=1S/C14H27N3/c1-15-10-12-4-7-17(11-12)14-5-8-16-6-2-3-13(16)9-14/h12-15H,2-11H2,1H3. The van der Waals surface area contributed by atoms with Crippen LogP contribution in [0.25, 0.3) is 0 Å². The van der Waals surface area contributed by atoms with Gasteiger partial charge in [0.1, 0.15) is 0 Å². The lowest BCUT2D eigenvalue weighted by atomic mass is 9.96. The Kier molecular flexibility index (Phi) is 3.69. The Labute approximate surface area is 106 Å². The van der Waals surface area contributed by atoms with Gasteiger partial charge < -0.3 is 10.2 Å². The van der Waals surface area contributed by atoms with Crippen LogP contribution in [0.5, 0.6) is 0 Å². The molecule has 98 valence electrons. The van der Waals surface area contributed by atoms with Crippen molar-refractivity contribution in [2.45, 2.75) is 44.2 Å². The summed E-state index contributed by atoms with van der Waals surface area (Å²) >= 11 is 0. The number of hydrogen-bond donors (Lipinski definition) is 1. The maximum atomic E-state index is 3.34. The van der Waals surface area contributed by atoms with E-state index in [1.165, 1.54) is 64.8 Å². The maximum absolute atomic E-state index is 3.34. The molecule has 0 aliphatic carbocycles. The minimum absolute atomic E-state index is 0.899. The Morgan fingerprint density at radius 1 is 1.00 bits per heavy atom. The average molecular weight is 237 g/mol. The average Bonchev–Trinajstić information content (AvgIpc) is 2.96. The molecule has 0 aromatic rings. The molecule has 3 heterocycles. The first-order valence-electron chi connectivity index (χ1n) is 7.49. The number of piperidine rings is 1. The summed E-state index contributed by atoms with van der Waals surface area (Å²) < 4.78 is 0. The third-order valence-corrected chi connectivity index (χ3v) is 5.12. The van der Waals surface area contributed by atoms with Crippen LogP contribution in [0.2, 0.25) is 0 Å². The van der Waals surface area contributed by atoms with Gasteiger partial charge in [0.15, 0.2) is 0 Å². The molecule has 3 unspecified atom stereocenters. The van der Waals surface area contributed by atoms with Crippen LogP contribution in [-0.2, 0) is 0 Å². The summed E-state index contributed by atoms with van der Waals surface area (Å²) in [6, 6.07) is 1.83. The quantitative estimate of drug-likeness (QED) is 0.794. The molecule has 0 bridgehead atoms. The summed E-state index contributed by atoms with van der Waals surface area (Å²) in [6.45, 7) is 6.64. The molecule has 3 heteroatoms. The molecule has 1 N–H and O–H groups in total. The van der Waals surface area contributed by atoms with Crippen LogP contribution in [0.1, 0.15) is 32.1 Å². The SMILES string of the molecule is CNCC1CCN(C2CCN3CCCC3C2)C1. The zero-order chi connectivity index (χ0) is 11.7. The molecule has 3 saturated heterocycles. The van der Waals surface area contributed by atoms with E-state index in [2.05, 4.69) is 22.2 Å². The molecule has 3 aliphatic heterocycles. The molecule has 3 rings (SSSR count). The number of nitrogens with zero attached hydrogens (tertiary/aromatic N) is 2. The number of hydrogen-bond acceptors (Lipinski definition) is 3. The smallest absolute Gasteiger partial charge is 0.0122 e. The minimum atomic E-state index is 0.899. The first kappa shape index (κ1) is 11.9. The van der Waals surface area contributed by atoms with Crippen LogP contribution in [0.4, 0.5) is 0 Å². The van der Waals surface area contributed by atoms with Gasteiger partial charge in [-0.05, 0) is 71.2 Å². The van der Waals surface area contributed by atoms with Gasteiger partial charge in [-0.2, -0.15) is 0 Å². The molecule has 3 aliphatic rings. The minimum Gasteiger partial charge on any atom is -0.319 e. The van der Waals surface area contributed by atoms with Crippen molar-refractivity contribution < 1.29 is 0 Å². The van der Waals surface area contributed by atoms with Crippen LogP contribution in [0.15, 0.2) is 0 Å². The van der Waals surface area contributed by atoms with Gasteiger partial charge in [0.25, 0.3) is 0 Å². The Morgan fingerprint density at radius 3 is 2.71 bits per heavy atom. The molecule has 17 heavy (non-hydrogen) atoms. The van der Waals surface area contributed by atoms with Crippen LogP contribution in [-0.4, -0.2) is 61.7 Å². The third-order valence-electron chi connectivity index (χ3n) is 5.12. The summed E-state index contributed by atoms with van der Waals surface area (Å²) in [5, 5.41) is 3.34. The van der Waals surface area contributed by atoms with Crippen LogP contribution >= 0.6 is 0 Å².